The molecule has 0 aromatic heterocycles. The second kappa shape index (κ2) is 4.24. The minimum atomic E-state index is -0.468. The third kappa shape index (κ3) is 2.10. The smallest absolute Gasteiger partial charge is 0.256 e. The number of hydrogen-bond donors (Lipinski definition) is 0. The largest absolute Gasteiger partial charge is 0.301 e. The Morgan fingerprint density at radius 2 is 2.27 bits per heavy atom. The maximum Gasteiger partial charge on any atom is 0.256 e. The van der Waals surface area contributed by atoms with E-state index in [1.54, 1.807) is 11.0 Å². The lowest BCUT2D eigenvalue weighted by Crippen LogP contribution is -2.27. The number of anilines is 1. The average Bonchev–Trinajstić information content (AvgIpc) is 2.53. The number of thioether (sulfide) groups is 1. The third-order valence-electron chi connectivity index (χ3n) is 2.28. The summed E-state index contributed by atoms with van der Waals surface area (Å²) in [6.07, 6.45) is 0. The van der Waals surface area contributed by atoms with Crippen LogP contribution in [0.2, 0.25) is 5.02 Å². The normalized spacial score (nSPS) is 21.1. The monoisotopic (exact) mass is 261 g/mol. The van der Waals surface area contributed by atoms with E-state index in [2.05, 4.69) is 0 Å². The van der Waals surface area contributed by atoms with E-state index in [-0.39, 0.29) is 5.91 Å². The fourth-order valence-corrected chi connectivity index (χ4v) is 2.64. The van der Waals surface area contributed by atoms with Gasteiger partial charge in [0.05, 0.1) is 5.88 Å². The summed E-state index contributed by atoms with van der Waals surface area (Å²) in [4.78, 5) is 13.3. The van der Waals surface area contributed by atoms with Gasteiger partial charge in [0, 0.05) is 10.7 Å². The van der Waals surface area contributed by atoms with Crippen molar-refractivity contribution in [1.29, 1.82) is 0 Å². The van der Waals surface area contributed by atoms with Gasteiger partial charge in [-0.05, 0) is 24.6 Å². The SMILES string of the molecule is Cc1ccc(N2CSC(Cl)C2=O)cc1Cl. The lowest BCUT2D eigenvalue weighted by Gasteiger charge is -2.15. The van der Waals surface area contributed by atoms with Gasteiger partial charge in [0.2, 0.25) is 0 Å². The number of aryl methyl sites for hydroxylation is 1. The Bertz CT molecular complexity index is 410. The molecule has 80 valence electrons. The quantitative estimate of drug-likeness (QED) is 0.724. The molecule has 5 heteroatoms. The Labute approximate surface area is 103 Å². The Morgan fingerprint density at radius 1 is 1.53 bits per heavy atom. The van der Waals surface area contributed by atoms with Gasteiger partial charge in [-0.1, -0.05) is 17.7 Å². The first kappa shape index (κ1) is 11.1. The maximum atomic E-state index is 11.6. The molecule has 2 rings (SSSR count). The van der Waals surface area contributed by atoms with Crippen LogP contribution in [0.15, 0.2) is 18.2 Å². The van der Waals surface area contributed by atoms with Crippen molar-refractivity contribution in [3.63, 3.8) is 0 Å². The fraction of sp³-hybridized carbons (Fsp3) is 0.300. The molecule has 1 aromatic rings. The summed E-state index contributed by atoms with van der Waals surface area (Å²) < 4.78 is -0.468. The van der Waals surface area contributed by atoms with Gasteiger partial charge < -0.3 is 4.90 Å². The van der Waals surface area contributed by atoms with Crippen molar-refractivity contribution in [2.75, 3.05) is 10.8 Å². The van der Waals surface area contributed by atoms with Crippen molar-refractivity contribution in [1.82, 2.24) is 0 Å². The van der Waals surface area contributed by atoms with Crippen LogP contribution in [0.4, 0.5) is 5.69 Å². The van der Waals surface area contributed by atoms with Crippen LogP contribution in [-0.2, 0) is 4.79 Å². The van der Waals surface area contributed by atoms with Gasteiger partial charge in [0.15, 0.2) is 4.71 Å². The standard InChI is InChI=1S/C10H9Cl2NOS/c1-6-2-3-7(4-8(6)11)13-5-15-9(12)10(13)14/h2-4,9H,5H2,1H3. The Balaban J connectivity index is 2.31. The number of halogens is 2. The van der Waals surface area contributed by atoms with Gasteiger partial charge in [0.25, 0.3) is 5.91 Å². The number of nitrogens with zero attached hydrogens (tertiary/aromatic N) is 1. The number of carbonyl (C=O) groups excluding carboxylic acids is 1. The molecule has 1 fully saturated rings. The molecule has 1 aliphatic rings. The molecule has 0 saturated carbocycles. The van der Waals surface area contributed by atoms with E-state index in [0.29, 0.717) is 10.9 Å². The molecule has 0 radical (unpaired) electrons. The average molecular weight is 262 g/mol. The molecule has 0 spiro atoms. The highest BCUT2D eigenvalue weighted by atomic mass is 35.5. The van der Waals surface area contributed by atoms with Crippen LogP contribution in [-0.4, -0.2) is 16.5 Å². The van der Waals surface area contributed by atoms with E-state index >= 15 is 0 Å². The summed E-state index contributed by atoms with van der Waals surface area (Å²) in [5, 5.41) is 0.670. The summed E-state index contributed by atoms with van der Waals surface area (Å²) in [6, 6.07) is 5.58. The highest BCUT2D eigenvalue weighted by molar-refractivity contribution is 8.02. The van der Waals surface area contributed by atoms with E-state index in [0.717, 1.165) is 11.3 Å². The number of amides is 1. The van der Waals surface area contributed by atoms with Crippen molar-refractivity contribution >= 4 is 46.6 Å². The number of hydrogen-bond acceptors (Lipinski definition) is 2. The Morgan fingerprint density at radius 3 is 2.80 bits per heavy atom. The molecule has 1 heterocycles. The van der Waals surface area contributed by atoms with E-state index in [1.165, 1.54) is 11.8 Å². The molecule has 1 aromatic carbocycles. The van der Waals surface area contributed by atoms with Gasteiger partial charge in [0.1, 0.15) is 0 Å². The minimum absolute atomic E-state index is 0.0680. The third-order valence-corrected chi connectivity index (χ3v) is 4.15. The van der Waals surface area contributed by atoms with Crippen molar-refractivity contribution in [2.45, 2.75) is 11.6 Å². The Kier molecular flexibility index (Phi) is 3.14. The lowest BCUT2D eigenvalue weighted by atomic mass is 10.2. The summed E-state index contributed by atoms with van der Waals surface area (Å²) in [5.41, 5.74) is 1.81. The van der Waals surface area contributed by atoms with Gasteiger partial charge >= 0.3 is 0 Å². The molecule has 2 nitrogen and oxygen atoms in total. The van der Waals surface area contributed by atoms with E-state index < -0.39 is 4.71 Å². The van der Waals surface area contributed by atoms with E-state index in [4.69, 9.17) is 23.2 Å². The number of alkyl halides is 1. The second-order valence-electron chi connectivity index (χ2n) is 3.31. The predicted octanol–water partition coefficient (Wildman–Crippen LogP) is 3.25. The van der Waals surface area contributed by atoms with Crippen molar-refractivity contribution in [2.24, 2.45) is 0 Å². The molecule has 0 bridgehead atoms. The van der Waals surface area contributed by atoms with E-state index in [1.807, 2.05) is 19.1 Å². The summed E-state index contributed by atoms with van der Waals surface area (Å²) in [5.74, 6) is 0.522. The van der Waals surface area contributed by atoms with E-state index in [9.17, 15) is 4.79 Å². The summed E-state index contributed by atoms with van der Waals surface area (Å²) in [7, 11) is 0. The van der Waals surface area contributed by atoms with Crippen LogP contribution in [0.1, 0.15) is 5.56 Å². The van der Waals surface area contributed by atoms with Gasteiger partial charge in [-0.3, -0.25) is 4.79 Å². The fourth-order valence-electron chi connectivity index (χ4n) is 1.35. The predicted molar refractivity (Wildman–Crippen MR) is 65.8 cm³/mol. The maximum absolute atomic E-state index is 11.6. The minimum Gasteiger partial charge on any atom is -0.301 e. The first-order valence-electron chi connectivity index (χ1n) is 4.43. The van der Waals surface area contributed by atoms with Crippen molar-refractivity contribution < 1.29 is 4.79 Å². The first-order chi connectivity index (χ1) is 7.09. The summed E-state index contributed by atoms with van der Waals surface area (Å²) in [6.45, 7) is 1.93. The van der Waals surface area contributed by atoms with Gasteiger partial charge in [-0.2, -0.15) is 0 Å². The molecule has 1 aliphatic heterocycles. The van der Waals surface area contributed by atoms with Gasteiger partial charge in [-0.25, -0.2) is 0 Å². The molecule has 0 N–H and O–H groups in total. The van der Waals surface area contributed by atoms with Crippen LogP contribution in [0, 0.1) is 6.92 Å². The molecular formula is C10H9Cl2NOS. The number of carbonyl (C=O) groups is 1. The summed E-state index contributed by atoms with van der Waals surface area (Å²) >= 11 is 13.2. The van der Waals surface area contributed by atoms with Crippen LogP contribution in [0.25, 0.3) is 0 Å². The zero-order chi connectivity index (χ0) is 11.0. The number of rotatable bonds is 1. The lowest BCUT2D eigenvalue weighted by molar-refractivity contribution is -0.116. The highest BCUT2D eigenvalue weighted by Gasteiger charge is 2.31. The Hall–Kier alpha value is -0.380. The zero-order valence-corrected chi connectivity index (χ0v) is 10.4. The van der Waals surface area contributed by atoms with Gasteiger partial charge in [-0.15, -0.1) is 23.4 Å². The van der Waals surface area contributed by atoms with Crippen LogP contribution >= 0.6 is 35.0 Å². The van der Waals surface area contributed by atoms with Crippen molar-refractivity contribution in [3.05, 3.63) is 28.8 Å². The molecule has 1 saturated heterocycles. The molecule has 15 heavy (non-hydrogen) atoms. The topological polar surface area (TPSA) is 20.3 Å². The molecule has 1 atom stereocenters. The van der Waals surface area contributed by atoms with Crippen LogP contribution < -0.4 is 4.90 Å². The molecular weight excluding hydrogens is 253 g/mol. The zero-order valence-electron chi connectivity index (χ0n) is 8.04. The molecule has 1 amide bonds. The number of benzene rings is 1. The van der Waals surface area contributed by atoms with Crippen LogP contribution in [0.5, 0.6) is 0 Å². The van der Waals surface area contributed by atoms with Crippen molar-refractivity contribution in [3.8, 4) is 0 Å². The second-order valence-corrected chi connectivity index (χ2v) is 5.48. The first-order valence-corrected chi connectivity index (χ1v) is 6.29. The van der Waals surface area contributed by atoms with Crippen LogP contribution in [0.3, 0.4) is 0 Å². The highest BCUT2D eigenvalue weighted by Crippen LogP contribution is 2.33. The molecule has 1 unspecified atom stereocenters. The molecule has 0 aliphatic carbocycles.